The van der Waals surface area contributed by atoms with Crippen LogP contribution in [0, 0.1) is 11.7 Å². The highest BCUT2D eigenvalue weighted by Gasteiger charge is 2.40. The van der Waals surface area contributed by atoms with Crippen LogP contribution in [-0.2, 0) is 22.5 Å². The number of benzene rings is 1. The van der Waals surface area contributed by atoms with Crippen molar-refractivity contribution >= 4 is 11.8 Å². The summed E-state index contributed by atoms with van der Waals surface area (Å²) in [6, 6.07) is 2.69. The fourth-order valence-electron chi connectivity index (χ4n) is 6.00. The quantitative estimate of drug-likeness (QED) is 0.612. The van der Waals surface area contributed by atoms with E-state index in [2.05, 4.69) is 17.2 Å². The largest absolute Gasteiger partial charge is 0.376 e. The average Bonchev–Trinajstić information content (AvgIpc) is 3.18. The van der Waals surface area contributed by atoms with Gasteiger partial charge in [0.1, 0.15) is 11.9 Å². The molecule has 36 heavy (non-hydrogen) atoms. The van der Waals surface area contributed by atoms with Crippen LogP contribution in [0.1, 0.15) is 72.9 Å². The van der Waals surface area contributed by atoms with Gasteiger partial charge in [0.25, 0.3) is 5.91 Å². The van der Waals surface area contributed by atoms with Crippen molar-refractivity contribution in [3.8, 4) is 0 Å². The summed E-state index contributed by atoms with van der Waals surface area (Å²) in [6.45, 7) is 5.10. The van der Waals surface area contributed by atoms with Crippen molar-refractivity contribution in [3.05, 3.63) is 46.9 Å². The zero-order valence-electron chi connectivity index (χ0n) is 20.5. The first-order valence-corrected chi connectivity index (χ1v) is 13.0. The maximum Gasteiger partial charge on any atom is 0.255 e. The molecule has 1 saturated carbocycles. The number of nitrogens with one attached hydrogen (secondary N) is 2. The zero-order chi connectivity index (χ0) is 25.4. The minimum Gasteiger partial charge on any atom is -0.376 e. The topological polar surface area (TPSA) is 70.7 Å². The van der Waals surface area contributed by atoms with E-state index in [1.54, 1.807) is 12.1 Å². The molecule has 5 rings (SSSR count). The molecule has 1 unspecified atom stereocenters. The highest BCUT2D eigenvalue weighted by molar-refractivity contribution is 6.01. The third kappa shape index (κ3) is 5.18. The summed E-state index contributed by atoms with van der Waals surface area (Å²) in [5.74, 6) is -3.33. The predicted octanol–water partition coefficient (Wildman–Crippen LogP) is 4.08. The molecule has 1 aromatic rings. The van der Waals surface area contributed by atoms with Crippen molar-refractivity contribution in [1.82, 2.24) is 15.5 Å². The number of piperidine rings is 1. The van der Waals surface area contributed by atoms with Gasteiger partial charge in [0.2, 0.25) is 11.8 Å². The lowest BCUT2D eigenvalue weighted by Gasteiger charge is -2.35. The average molecular weight is 506 g/mol. The molecule has 0 aromatic heterocycles. The van der Waals surface area contributed by atoms with Crippen LogP contribution in [0.5, 0.6) is 0 Å². The van der Waals surface area contributed by atoms with E-state index in [9.17, 15) is 18.4 Å². The number of alkyl halides is 2. The molecular formula is C27H34F3N3O3. The number of hydrogen-bond acceptors (Lipinski definition) is 4. The summed E-state index contributed by atoms with van der Waals surface area (Å²) in [6.07, 6.45) is 3.86. The summed E-state index contributed by atoms with van der Waals surface area (Å²) in [5.41, 5.74) is 1.76. The summed E-state index contributed by atoms with van der Waals surface area (Å²) >= 11 is 0. The van der Waals surface area contributed by atoms with E-state index in [4.69, 9.17) is 4.74 Å². The Bertz CT molecular complexity index is 1040. The second-order valence-corrected chi connectivity index (χ2v) is 10.7. The second-order valence-electron chi connectivity index (χ2n) is 10.7. The highest BCUT2D eigenvalue weighted by Crippen LogP contribution is 2.36. The molecule has 2 amide bonds. The Morgan fingerprint density at radius 1 is 1.17 bits per heavy atom. The summed E-state index contributed by atoms with van der Waals surface area (Å²) in [7, 11) is 0. The molecule has 2 N–H and O–H groups in total. The Morgan fingerprint density at radius 3 is 2.69 bits per heavy atom. The first-order valence-electron chi connectivity index (χ1n) is 13.0. The van der Waals surface area contributed by atoms with Gasteiger partial charge in [-0.05, 0) is 62.6 Å². The SMILES string of the molecule is C=C1CCC(N2Cc3c(ccc(C[C@H]4OCCC[C@@H]4NCC4CCC(F)(F)CC4)c3F)C2=O)C(=O)N1. The van der Waals surface area contributed by atoms with Crippen LogP contribution in [0.2, 0.25) is 0 Å². The van der Waals surface area contributed by atoms with Crippen LogP contribution in [0.15, 0.2) is 24.4 Å². The van der Waals surface area contributed by atoms with E-state index >= 15 is 4.39 Å². The summed E-state index contributed by atoms with van der Waals surface area (Å²) in [5, 5.41) is 6.22. The third-order valence-electron chi connectivity index (χ3n) is 8.21. The summed E-state index contributed by atoms with van der Waals surface area (Å²) in [4.78, 5) is 26.9. The lowest BCUT2D eigenvalue weighted by molar-refractivity contribution is -0.126. The highest BCUT2D eigenvalue weighted by atomic mass is 19.3. The molecule has 6 nitrogen and oxygen atoms in total. The van der Waals surface area contributed by atoms with Crippen molar-refractivity contribution in [2.45, 2.75) is 88.4 Å². The summed E-state index contributed by atoms with van der Waals surface area (Å²) < 4.78 is 48.6. The fourth-order valence-corrected chi connectivity index (χ4v) is 6.00. The molecule has 1 aliphatic carbocycles. The maximum atomic E-state index is 15.6. The van der Waals surface area contributed by atoms with E-state index in [-0.39, 0.29) is 49.3 Å². The van der Waals surface area contributed by atoms with Crippen molar-refractivity contribution in [3.63, 3.8) is 0 Å². The van der Waals surface area contributed by atoms with E-state index in [0.29, 0.717) is 67.6 Å². The van der Waals surface area contributed by atoms with Gasteiger partial charge in [0, 0.05) is 48.7 Å². The molecule has 3 heterocycles. The molecule has 2 saturated heterocycles. The van der Waals surface area contributed by atoms with E-state index in [0.717, 1.165) is 12.8 Å². The van der Waals surface area contributed by atoms with Gasteiger partial charge >= 0.3 is 0 Å². The van der Waals surface area contributed by atoms with Crippen LogP contribution in [-0.4, -0.2) is 54.0 Å². The zero-order valence-corrected chi connectivity index (χ0v) is 20.5. The van der Waals surface area contributed by atoms with Gasteiger partial charge in [0.15, 0.2) is 0 Å². The lowest BCUT2D eigenvalue weighted by Crippen LogP contribution is -2.49. The van der Waals surface area contributed by atoms with E-state index in [1.165, 1.54) is 4.90 Å². The number of ether oxygens (including phenoxy) is 1. The minimum atomic E-state index is -2.54. The molecule has 4 aliphatic rings. The Hall–Kier alpha value is -2.39. The third-order valence-corrected chi connectivity index (χ3v) is 8.21. The Morgan fingerprint density at radius 2 is 1.94 bits per heavy atom. The molecule has 0 spiro atoms. The van der Waals surface area contributed by atoms with Gasteiger partial charge in [0.05, 0.1) is 12.6 Å². The molecule has 196 valence electrons. The molecule has 9 heteroatoms. The number of nitrogens with zero attached hydrogens (tertiary/aromatic N) is 1. The van der Waals surface area contributed by atoms with Gasteiger partial charge in [-0.3, -0.25) is 9.59 Å². The van der Waals surface area contributed by atoms with Gasteiger partial charge in [-0.2, -0.15) is 0 Å². The van der Waals surface area contributed by atoms with Gasteiger partial charge in [-0.1, -0.05) is 12.6 Å². The van der Waals surface area contributed by atoms with Crippen molar-refractivity contribution in [2.75, 3.05) is 13.2 Å². The van der Waals surface area contributed by atoms with E-state index in [1.807, 2.05) is 0 Å². The first kappa shape index (κ1) is 25.3. The van der Waals surface area contributed by atoms with Gasteiger partial charge < -0.3 is 20.3 Å². The molecule has 3 aliphatic heterocycles. The number of halogens is 3. The maximum absolute atomic E-state index is 15.6. The number of hydrogen-bond donors (Lipinski definition) is 2. The number of fused-ring (bicyclic) bond motifs is 1. The number of amides is 2. The number of rotatable bonds is 6. The molecule has 1 aromatic carbocycles. The van der Waals surface area contributed by atoms with Crippen LogP contribution in [0.3, 0.4) is 0 Å². The number of carbonyl (C=O) groups is 2. The predicted molar refractivity (Wildman–Crippen MR) is 128 cm³/mol. The molecule has 3 atom stereocenters. The van der Waals surface area contributed by atoms with E-state index < -0.39 is 17.8 Å². The second kappa shape index (κ2) is 10.2. The molecule has 0 radical (unpaired) electrons. The smallest absolute Gasteiger partial charge is 0.255 e. The van der Waals surface area contributed by atoms with Crippen molar-refractivity contribution < 1.29 is 27.5 Å². The number of allylic oxidation sites excluding steroid dienone is 1. The van der Waals surface area contributed by atoms with Crippen LogP contribution < -0.4 is 10.6 Å². The van der Waals surface area contributed by atoms with Crippen molar-refractivity contribution in [1.29, 1.82) is 0 Å². The molecular weight excluding hydrogens is 471 g/mol. The van der Waals surface area contributed by atoms with Crippen LogP contribution >= 0.6 is 0 Å². The normalized spacial score (nSPS) is 28.8. The Balaban J connectivity index is 1.24. The van der Waals surface area contributed by atoms with Gasteiger partial charge in [-0.15, -0.1) is 0 Å². The van der Waals surface area contributed by atoms with Gasteiger partial charge in [-0.25, -0.2) is 13.2 Å². The number of carbonyl (C=O) groups excluding carboxylic acids is 2. The van der Waals surface area contributed by atoms with Crippen molar-refractivity contribution in [2.24, 2.45) is 5.92 Å². The Kier molecular flexibility index (Phi) is 7.14. The van der Waals surface area contributed by atoms with Crippen LogP contribution in [0.25, 0.3) is 0 Å². The molecule has 0 bridgehead atoms. The first-order chi connectivity index (χ1) is 17.2. The lowest BCUT2D eigenvalue weighted by atomic mass is 9.86. The minimum absolute atomic E-state index is 0.0194. The monoisotopic (exact) mass is 505 g/mol. The Labute approximate surface area is 209 Å². The van der Waals surface area contributed by atoms with Crippen LogP contribution in [0.4, 0.5) is 13.2 Å². The molecule has 3 fully saturated rings. The standard InChI is InChI=1S/C27H34F3N3O3/c1-16-4-7-22(25(34)32-16)33-15-20-19(26(33)35)6-5-18(24(20)28)13-23-21(3-2-12-36-23)31-14-17-8-10-27(29,30)11-9-17/h5-6,17,21-23,31H,1-4,7-15H2,(H,32,34)/t21-,22?,23+/m0/s1. The fraction of sp³-hybridized carbons (Fsp3) is 0.630.